The smallest absolute Gasteiger partial charge is 0.306 e. The Bertz CT molecular complexity index is 438. The van der Waals surface area contributed by atoms with Crippen LogP contribution in [0.5, 0.6) is 0 Å². The standard InChI is InChI=1S/C13H18N4O2/c1-2-5-14-11-8-16-12(9-15-11)17-6-3-10(4-7-17)13(18)19/h2,8-10H,1,3-7H2,(H,14,15)(H,18,19). The Morgan fingerprint density at radius 2 is 2.21 bits per heavy atom. The van der Waals surface area contributed by atoms with Gasteiger partial charge in [0, 0.05) is 19.6 Å². The van der Waals surface area contributed by atoms with Crippen molar-refractivity contribution in [1.82, 2.24) is 9.97 Å². The molecule has 1 aliphatic heterocycles. The van der Waals surface area contributed by atoms with E-state index in [4.69, 9.17) is 5.11 Å². The summed E-state index contributed by atoms with van der Waals surface area (Å²) >= 11 is 0. The van der Waals surface area contributed by atoms with Crippen molar-refractivity contribution in [1.29, 1.82) is 0 Å². The first-order valence-electron chi connectivity index (χ1n) is 6.35. The van der Waals surface area contributed by atoms with E-state index in [1.165, 1.54) is 0 Å². The summed E-state index contributed by atoms with van der Waals surface area (Å²) < 4.78 is 0. The third-order valence-corrected chi connectivity index (χ3v) is 3.23. The van der Waals surface area contributed by atoms with Crippen molar-refractivity contribution >= 4 is 17.6 Å². The zero-order valence-corrected chi connectivity index (χ0v) is 10.7. The zero-order chi connectivity index (χ0) is 13.7. The quantitative estimate of drug-likeness (QED) is 0.780. The van der Waals surface area contributed by atoms with Crippen molar-refractivity contribution in [3.05, 3.63) is 25.0 Å². The van der Waals surface area contributed by atoms with Gasteiger partial charge in [-0.3, -0.25) is 4.79 Å². The number of nitrogens with zero attached hydrogens (tertiary/aromatic N) is 3. The third-order valence-electron chi connectivity index (χ3n) is 3.23. The summed E-state index contributed by atoms with van der Waals surface area (Å²) in [5, 5.41) is 12.0. The van der Waals surface area contributed by atoms with Crippen LogP contribution in [0.3, 0.4) is 0 Å². The van der Waals surface area contributed by atoms with Gasteiger partial charge in [-0.15, -0.1) is 6.58 Å². The van der Waals surface area contributed by atoms with E-state index in [-0.39, 0.29) is 5.92 Å². The van der Waals surface area contributed by atoms with Gasteiger partial charge < -0.3 is 15.3 Å². The van der Waals surface area contributed by atoms with Gasteiger partial charge in [0.15, 0.2) is 0 Å². The van der Waals surface area contributed by atoms with Crippen molar-refractivity contribution < 1.29 is 9.90 Å². The van der Waals surface area contributed by atoms with Crippen LogP contribution in [0.25, 0.3) is 0 Å². The van der Waals surface area contributed by atoms with Crippen LogP contribution in [0.4, 0.5) is 11.6 Å². The van der Waals surface area contributed by atoms with E-state index >= 15 is 0 Å². The van der Waals surface area contributed by atoms with E-state index in [2.05, 4.69) is 26.8 Å². The molecule has 0 bridgehead atoms. The van der Waals surface area contributed by atoms with Crippen molar-refractivity contribution in [3.8, 4) is 0 Å². The Kier molecular flexibility index (Phi) is 4.33. The molecule has 19 heavy (non-hydrogen) atoms. The summed E-state index contributed by atoms with van der Waals surface area (Å²) in [6, 6.07) is 0. The average molecular weight is 262 g/mol. The van der Waals surface area contributed by atoms with Gasteiger partial charge in [0.1, 0.15) is 11.6 Å². The van der Waals surface area contributed by atoms with Gasteiger partial charge in [-0.2, -0.15) is 0 Å². The van der Waals surface area contributed by atoms with E-state index in [9.17, 15) is 4.79 Å². The summed E-state index contributed by atoms with van der Waals surface area (Å²) in [7, 11) is 0. The van der Waals surface area contributed by atoms with Crippen LogP contribution in [0.15, 0.2) is 25.0 Å². The molecular weight excluding hydrogens is 244 g/mol. The normalized spacial score (nSPS) is 16.1. The number of nitrogens with one attached hydrogen (secondary N) is 1. The van der Waals surface area contributed by atoms with E-state index in [1.54, 1.807) is 18.5 Å². The molecule has 0 radical (unpaired) electrons. The second-order valence-corrected chi connectivity index (χ2v) is 4.53. The van der Waals surface area contributed by atoms with Crippen LogP contribution in [0.2, 0.25) is 0 Å². The fourth-order valence-electron chi connectivity index (χ4n) is 2.11. The van der Waals surface area contributed by atoms with E-state index in [0.29, 0.717) is 38.3 Å². The summed E-state index contributed by atoms with van der Waals surface area (Å²) in [5.74, 6) is 0.588. The molecule has 1 saturated heterocycles. The lowest BCUT2D eigenvalue weighted by Crippen LogP contribution is -2.36. The molecule has 6 heteroatoms. The highest BCUT2D eigenvalue weighted by molar-refractivity contribution is 5.70. The van der Waals surface area contributed by atoms with Crippen LogP contribution in [-0.2, 0) is 4.79 Å². The number of carboxylic acids is 1. The molecule has 1 fully saturated rings. The minimum atomic E-state index is -0.699. The van der Waals surface area contributed by atoms with Crippen LogP contribution in [-0.4, -0.2) is 40.7 Å². The maximum atomic E-state index is 10.9. The van der Waals surface area contributed by atoms with Crippen molar-refractivity contribution in [2.75, 3.05) is 29.9 Å². The molecule has 1 aromatic heterocycles. The molecule has 102 valence electrons. The SMILES string of the molecule is C=CCNc1cnc(N2CCC(C(=O)O)CC2)cn1. The van der Waals surface area contributed by atoms with E-state index in [0.717, 1.165) is 5.82 Å². The van der Waals surface area contributed by atoms with Gasteiger partial charge in [0.05, 0.1) is 18.3 Å². The van der Waals surface area contributed by atoms with Gasteiger partial charge in [-0.05, 0) is 12.8 Å². The number of anilines is 2. The third kappa shape index (κ3) is 3.43. The maximum Gasteiger partial charge on any atom is 0.306 e. The van der Waals surface area contributed by atoms with E-state index in [1.807, 2.05) is 0 Å². The average Bonchev–Trinajstić information content (AvgIpc) is 2.46. The number of piperidine rings is 1. The molecular formula is C13H18N4O2. The molecule has 6 nitrogen and oxygen atoms in total. The van der Waals surface area contributed by atoms with Crippen molar-refractivity contribution in [3.63, 3.8) is 0 Å². The van der Waals surface area contributed by atoms with Gasteiger partial charge in [0.25, 0.3) is 0 Å². The van der Waals surface area contributed by atoms with Gasteiger partial charge in [-0.1, -0.05) is 6.08 Å². The predicted octanol–water partition coefficient (Wildman–Crippen LogP) is 1.38. The zero-order valence-electron chi connectivity index (χ0n) is 10.7. The number of hydrogen-bond donors (Lipinski definition) is 2. The van der Waals surface area contributed by atoms with Crippen LogP contribution in [0.1, 0.15) is 12.8 Å². The van der Waals surface area contributed by atoms with Crippen molar-refractivity contribution in [2.24, 2.45) is 5.92 Å². The molecule has 0 unspecified atom stereocenters. The van der Waals surface area contributed by atoms with Crippen LogP contribution < -0.4 is 10.2 Å². The first-order chi connectivity index (χ1) is 9.20. The second kappa shape index (κ2) is 6.17. The van der Waals surface area contributed by atoms with Gasteiger partial charge >= 0.3 is 5.97 Å². The minimum Gasteiger partial charge on any atom is -0.481 e. The maximum absolute atomic E-state index is 10.9. The number of aromatic nitrogens is 2. The molecule has 1 aromatic rings. The lowest BCUT2D eigenvalue weighted by molar-refractivity contribution is -0.142. The van der Waals surface area contributed by atoms with Crippen LogP contribution in [0, 0.1) is 5.92 Å². The summed E-state index contributed by atoms with van der Waals surface area (Å²) in [6.45, 7) is 5.70. The molecule has 0 spiro atoms. The topological polar surface area (TPSA) is 78.4 Å². The van der Waals surface area contributed by atoms with Crippen molar-refractivity contribution in [2.45, 2.75) is 12.8 Å². The predicted molar refractivity (Wildman–Crippen MR) is 73.3 cm³/mol. The number of rotatable bonds is 5. The lowest BCUT2D eigenvalue weighted by atomic mass is 9.97. The van der Waals surface area contributed by atoms with Gasteiger partial charge in [-0.25, -0.2) is 9.97 Å². The molecule has 0 atom stereocenters. The molecule has 2 N–H and O–H groups in total. The molecule has 2 rings (SSSR count). The second-order valence-electron chi connectivity index (χ2n) is 4.53. The summed E-state index contributed by atoms with van der Waals surface area (Å²) in [6.07, 6.45) is 6.47. The van der Waals surface area contributed by atoms with Crippen LogP contribution >= 0.6 is 0 Å². The Hall–Kier alpha value is -2.11. The number of carbonyl (C=O) groups is 1. The lowest BCUT2D eigenvalue weighted by Gasteiger charge is -2.30. The Morgan fingerprint density at radius 3 is 2.74 bits per heavy atom. The molecule has 2 heterocycles. The Morgan fingerprint density at radius 1 is 1.47 bits per heavy atom. The highest BCUT2D eigenvalue weighted by atomic mass is 16.4. The molecule has 1 aliphatic rings. The molecule has 0 amide bonds. The summed E-state index contributed by atoms with van der Waals surface area (Å²) in [5.41, 5.74) is 0. The largest absolute Gasteiger partial charge is 0.481 e. The first-order valence-corrected chi connectivity index (χ1v) is 6.35. The highest BCUT2D eigenvalue weighted by Gasteiger charge is 2.25. The molecule has 0 aliphatic carbocycles. The fraction of sp³-hybridized carbons (Fsp3) is 0.462. The Labute approximate surface area is 112 Å². The number of carboxylic acid groups (broad SMARTS) is 1. The minimum absolute atomic E-state index is 0.224. The molecule has 0 aromatic carbocycles. The summed E-state index contributed by atoms with van der Waals surface area (Å²) in [4.78, 5) is 21.6. The highest BCUT2D eigenvalue weighted by Crippen LogP contribution is 2.21. The fourth-order valence-corrected chi connectivity index (χ4v) is 2.11. The van der Waals surface area contributed by atoms with Gasteiger partial charge in [0.2, 0.25) is 0 Å². The number of aliphatic carboxylic acids is 1. The monoisotopic (exact) mass is 262 g/mol. The first kappa shape index (κ1) is 13.3. The number of hydrogen-bond acceptors (Lipinski definition) is 5. The Balaban J connectivity index is 1.92. The van der Waals surface area contributed by atoms with E-state index < -0.39 is 5.97 Å². The molecule has 0 saturated carbocycles.